The zero-order chi connectivity index (χ0) is 15.7. The van der Waals surface area contributed by atoms with Crippen molar-refractivity contribution >= 4 is 30.2 Å². The van der Waals surface area contributed by atoms with Crippen LogP contribution in [-0.4, -0.2) is 39.5 Å². The van der Waals surface area contributed by atoms with Gasteiger partial charge in [-0.05, 0) is 33.8 Å². The standard InChI is InChI=1S/C13H18BClO5/c1-12(2,18)13(3,4)20-14(19)9-7-5-6-8(10(9)15)11(16)17/h5-7,18-19H,1-4H3,(H,16,17). The van der Waals surface area contributed by atoms with Crippen LogP contribution in [0.1, 0.15) is 38.1 Å². The van der Waals surface area contributed by atoms with Gasteiger partial charge < -0.3 is 19.9 Å². The summed E-state index contributed by atoms with van der Waals surface area (Å²) in [5.41, 5.74) is -2.24. The summed E-state index contributed by atoms with van der Waals surface area (Å²) in [5.74, 6) is -1.19. The molecule has 0 bridgehead atoms. The highest BCUT2D eigenvalue weighted by Gasteiger charge is 2.40. The van der Waals surface area contributed by atoms with Crippen LogP contribution in [0.25, 0.3) is 0 Å². The molecule has 0 saturated carbocycles. The summed E-state index contributed by atoms with van der Waals surface area (Å²) < 4.78 is 5.43. The number of benzene rings is 1. The number of hydrogen-bond acceptors (Lipinski definition) is 4. The quantitative estimate of drug-likeness (QED) is 0.713. The Kier molecular flexibility index (Phi) is 4.87. The number of carboxylic acids is 1. The Bertz CT molecular complexity index is 510. The molecule has 1 aromatic rings. The minimum Gasteiger partial charge on any atom is -0.478 e. The molecule has 0 aliphatic carbocycles. The van der Waals surface area contributed by atoms with E-state index in [9.17, 15) is 14.9 Å². The largest absolute Gasteiger partial charge is 0.493 e. The lowest BCUT2D eigenvalue weighted by molar-refractivity contribution is -0.0982. The molecule has 0 fully saturated rings. The van der Waals surface area contributed by atoms with E-state index in [-0.39, 0.29) is 16.0 Å². The number of carbonyl (C=O) groups is 1. The highest BCUT2D eigenvalue weighted by atomic mass is 35.5. The van der Waals surface area contributed by atoms with Gasteiger partial charge in [-0.3, -0.25) is 0 Å². The van der Waals surface area contributed by atoms with Gasteiger partial charge in [-0.2, -0.15) is 0 Å². The van der Waals surface area contributed by atoms with Gasteiger partial charge in [-0.25, -0.2) is 4.79 Å². The molecule has 0 aromatic heterocycles. The number of aliphatic hydroxyl groups is 1. The van der Waals surface area contributed by atoms with Crippen molar-refractivity contribution in [3.05, 3.63) is 28.8 Å². The normalized spacial score (nSPS) is 12.3. The Morgan fingerprint density at radius 2 is 1.85 bits per heavy atom. The summed E-state index contributed by atoms with van der Waals surface area (Å²) in [6.45, 7) is 6.33. The molecule has 0 amide bonds. The summed E-state index contributed by atoms with van der Waals surface area (Å²) in [6.07, 6.45) is 0. The topological polar surface area (TPSA) is 87.0 Å². The molecule has 0 aliphatic rings. The molecule has 1 aromatic carbocycles. The maximum atomic E-state index is 11.0. The number of rotatable bonds is 5. The van der Waals surface area contributed by atoms with Crippen LogP contribution < -0.4 is 5.46 Å². The fourth-order valence-corrected chi connectivity index (χ4v) is 1.69. The molecular weight excluding hydrogens is 282 g/mol. The van der Waals surface area contributed by atoms with Crippen molar-refractivity contribution in [3.63, 3.8) is 0 Å². The predicted molar refractivity (Wildman–Crippen MR) is 77.5 cm³/mol. The van der Waals surface area contributed by atoms with Gasteiger partial charge in [0.25, 0.3) is 0 Å². The highest BCUT2D eigenvalue weighted by molar-refractivity contribution is 6.64. The molecule has 1 rings (SSSR count). The van der Waals surface area contributed by atoms with Gasteiger partial charge in [-0.1, -0.05) is 23.7 Å². The van der Waals surface area contributed by atoms with Crippen molar-refractivity contribution in [2.75, 3.05) is 0 Å². The smallest absolute Gasteiger partial charge is 0.478 e. The molecule has 0 radical (unpaired) electrons. The molecule has 3 N–H and O–H groups in total. The molecule has 0 atom stereocenters. The van der Waals surface area contributed by atoms with Crippen LogP contribution in [0.2, 0.25) is 5.02 Å². The molecule has 0 saturated heterocycles. The third-order valence-electron chi connectivity index (χ3n) is 3.40. The molecule has 0 unspecified atom stereocenters. The minimum absolute atomic E-state index is 0.0842. The third-order valence-corrected chi connectivity index (χ3v) is 3.83. The van der Waals surface area contributed by atoms with E-state index in [2.05, 4.69) is 0 Å². The first-order chi connectivity index (χ1) is 8.97. The molecular formula is C13H18BClO5. The summed E-state index contributed by atoms with van der Waals surface area (Å²) in [6, 6.07) is 4.27. The molecule has 0 spiro atoms. The first kappa shape index (κ1) is 17.0. The second kappa shape index (κ2) is 5.73. The Balaban J connectivity index is 3.08. The summed E-state index contributed by atoms with van der Waals surface area (Å²) in [5, 5.41) is 29.0. The van der Waals surface area contributed by atoms with Gasteiger partial charge in [0.2, 0.25) is 0 Å². The Labute approximate surface area is 123 Å². The summed E-state index contributed by atoms with van der Waals surface area (Å²) >= 11 is 5.96. The summed E-state index contributed by atoms with van der Waals surface area (Å²) in [7, 11) is -1.44. The lowest BCUT2D eigenvalue weighted by Gasteiger charge is -2.38. The number of hydrogen-bond donors (Lipinski definition) is 3. The lowest BCUT2D eigenvalue weighted by Crippen LogP contribution is -2.53. The fourth-order valence-electron chi connectivity index (χ4n) is 1.39. The van der Waals surface area contributed by atoms with Gasteiger partial charge in [0, 0.05) is 5.46 Å². The van der Waals surface area contributed by atoms with Crippen LogP contribution in [0.4, 0.5) is 0 Å². The summed E-state index contributed by atoms with van der Waals surface area (Å²) in [4.78, 5) is 11.0. The Hall–Kier alpha value is -1.08. The molecule has 0 heterocycles. The second-order valence-corrected chi connectivity index (χ2v) is 5.93. The average molecular weight is 301 g/mol. The molecule has 5 nitrogen and oxygen atoms in total. The van der Waals surface area contributed by atoms with E-state index in [0.717, 1.165) is 0 Å². The van der Waals surface area contributed by atoms with Crippen molar-refractivity contribution in [2.24, 2.45) is 0 Å². The second-order valence-electron chi connectivity index (χ2n) is 5.55. The van der Waals surface area contributed by atoms with Gasteiger partial charge >= 0.3 is 13.1 Å². The van der Waals surface area contributed by atoms with E-state index in [0.29, 0.717) is 0 Å². The zero-order valence-electron chi connectivity index (χ0n) is 11.8. The zero-order valence-corrected chi connectivity index (χ0v) is 12.6. The minimum atomic E-state index is -1.44. The van der Waals surface area contributed by atoms with Crippen LogP contribution in [0.3, 0.4) is 0 Å². The van der Waals surface area contributed by atoms with E-state index in [1.165, 1.54) is 18.2 Å². The number of halogens is 1. The van der Waals surface area contributed by atoms with Crippen molar-refractivity contribution in [1.82, 2.24) is 0 Å². The lowest BCUT2D eigenvalue weighted by atomic mass is 9.76. The van der Waals surface area contributed by atoms with E-state index in [1.807, 2.05) is 0 Å². The Morgan fingerprint density at radius 3 is 2.30 bits per heavy atom. The predicted octanol–water partition coefficient (Wildman–Crippen LogP) is 1.29. The molecule has 110 valence electrons. The van der Waals surface area contributed by atoms with E-state index in [4.69, 9.17) is 21.4 Å². The van der Waals surface area contributed by atoms with Crippen LogP contribution in [0, 0.1) is 0 Å². The Morgan fingerprint density at radius 1 is 1.30 bits per heavy atom. The fraction of sp³-hybridized carbons (Fsp3) is 0.462. The van der Waals surface area contributed by atoms with E-state index in [1.54, 1.807) is 27.7 Å². The van der Waals surface area contributed by atoms with Gasteiger partial charge in [0.1, 0.15) is 0 Å². The van der Waals surface area contributed by atoms with Gasteiger partial charge in [0.05, 0.1) is 21.8 Å². The molecule has 7 heteroatoms. The van der Waals surface area contributed by atoms with Gasteiger partial charge in [-0.15, -0.1) is 0 Å². The first-order valence-electron chi connectivity index (χ1n) is 6.07. The van der Waals surface area contributed by atoms with E-state index < -0.39 is 24.3 Å². The molecule has 0 aliphatic heterocycles. The van der Waals surface area contributed by atoms with Crippen molar-refractivity contribution < 1.29 is 24.7 Å². The average Bonchev–Trinajstić information content (AvgIpc) is 2.26. The van der Waals surface area contributed by atoms with Crippen molar-refractivity contribution in [3.8, 4) is 0 Å². The molecule has 20 heavy (non-hydrogen) atoms. The monoisotopic (exact) mass is 300 g/mol. The maximum Gasteiger partial charge on any atom is 0.493 e. The number of aromatic carboxylic acids is 1. The highest BCUT2D eigenvalue weighted by Crippen LogP contribution is 2.26. The van der Waals surface area contributed by atoms with Crippen LogP contribution in [0.15, 0.2) is 18.2 Å². The van der Waals surface area contributed by atoms with E-state index >= 15 is 0 Å². The maximum absolute atomic E-state index is 11.0. The van der Waals surface area contributed by atoms with Crippen molar-refractivity contribution in [1.29, 1.82) is 0 Å². The van der Waals surface area contributed by atoms with Crippen LogP contribution >= 0.6 is 11.6 Å². The van der Waals surface area contributed by atoms with Crippen molar-refractivity contribution in [2.45, 2.75) is 38.9 Å². The SMILES string of the molecule is CC(C)(O)C(C)(C)OB(O)c1cccc(C(=O)O)c1Cl. The van der Waals surface area contributed by atoms with Gasteiger partial charge in [0.15, 0.2) is 0 Å². The van der Waals surface area contributed by atoms with Crippen LogP contribution in [0.5, 0.6) is 0 Å². The third kappa shape index (κ3) is 3.52. The first-order valence-corrected chi connectivity index (χ1v) is 6.45. The number of carboxylic acid groups (broad SMARTS) is 1. The van der Waals surface area contributed by atoms with Crippen LogP contribution in [-0.2, 0) is 4.65 Å².